The smallest absolute Gasteiger partial charge is 0.250 e. The first kappa shape index (κ1) is 9.67. The van der Waals surface area contributed by atoms with Crippen LogP contribution in [0.3, 0.4) is 0 Å². The van der Waals surface area contributed by atoms with Gasteiger partial charge < -0.3 is 5.73 Å². The molecule has 0 radical (unpaired) electrons. The number of hydrogen-bond donors (Lipinski definition) is 2. The lowest BCUT2D eigenvalue weighted by Crippen LogP contribution is -2.13. The minimum atomic E-state index is -0.478. The third kappa shape index (κ3) is 2.13. The van der Waals surface area contributed by atoms with E-state index in [1.807, 2.05) is 16.8 Å². The molecule has 2 rings (SSSR count). The van der Waals surface area contributed by atoms with E-state index in [4.69, 9.17) is 5.73 Å². The number of thiophene rings is 1. The van der Waals surface area contributed by atoms with Crippen LogP contribution in [0.4, 0.5) is 0 Å². The minimum absolute atomic E-state index is 0.412. The maximum Gasteiger partial charge on any atom is 0.250 e. The van der Waals surface area contributed by atoms with Crippen LogP contribution >= 0.6 is 11.3 Å². The molecule has 76 valence electrons. The summed E-state index contributed by atoms with van der Waals surface area (Å²) in [6.45, 7) is 0. The summed E-state index contributed by atoms with van der Waals surface area (Å²) in [5, 5.41) is 10.5. The van der Waals surface area contributed by atoms with Gasteiger partial charge in [-0.05, 0) is 34.5 Å². The van der Waals surface area contributed by atoms with Crippen LogP contribution in [0.2, 0.25) is 0 Å². The number of carbonyl (C=O) groups is 1. The standard InChI is InChI=1S/C10H9N3OS/c11-10(14)8(9-1-3-12-13-9)5-7-2-4-15-6-7/h1-6H,(H2,11,14)(H,12,13). The number of nitrogens with one attached hydrogen (secondary N) is 1. The summed E-state index contributed by atoms with van der Waals surface area (Å²) in [5.41, 5.74) is 7.22. The monoisotopic (exact) mass is 219 g/mol. The molecule has 0 saturated carbocycles. The van der Waals surface area contributed by atoms with Crippen molar-refractivity contribution in [1.82, 2.24) is 10.2 Å². The second-order valence-electron chi connectivity index (χ2n) is 2.94. The summed E-state index contributed by atoms with van der Waals surface area (Å²) in [5.74, 6) is -0.478. The third-order valence-electron chi connectivity index (χ3n) is 1.90. The fraction of sp³-hybridized carbons (Fsp3) is 0. The molecule has 3 N–H and O–H groups in total. The number of primary amides is 1. The van der Waals surface area contributed by atoms with Crippen LogP contribution in [0.5, 0.6) is 0 Å². The van der Waals surface area contributed by atoms with E-state index >= 15 is 0 Å². The first-order chi connectivity index (χ1) is 7.27. The Balaban J connectivity index is 2.41. The Morgan fingerprint density at radius 1 is 1.53 bits per heavy atom. The Morgan fingerprint density at radius 2 is 2.40 bits per heavy atom. The highest BCUT2D eigenvalue weighted by molar-refractivity contribution is 7.08. The summed E-state index contributed by atoms with van der Waals surface area (Å²) >= 11 is 1.57. The van der Waals surface area contributed by atoms with Gasteiger partial charge >= 0.3 is 0 Å². The lowest BCUT2D eigenvalue weighted by Gasteiger charge is -1.97. The highest BCUT2D eigenvalue weighted by Crippen LogP contribution is 2.17. The third-order valence-corrected chi connectivity index (χ3v) is 2.60. The van der Waals surface area contributed by atoms with Crippen molar-refractivity contribution in [1.29, 1.82) is 0 Å². The summed E-state index contributed by atoms with van der Waals surface area (Å²) in [6, 6.07) is 3.63. The molecule has 2 heterocycles. The molecule has 0 fully saturated rings. The summed E-state index contributed by atoms with van der Waals surface area (Å²) in [4.78, 5) is 11.2. The number of amides is 1. The number of rotatable bonds is 3. The van der Waals surface area contributed by atoms with Gasteiger partial charge in [-0.1, -0.05) is 0 Å². The molecule has 2 aromatic heterocycles. The van der Waals surface area contributed by atoms with Gasteiger partial charge in [0.25, 0.3) is 5.91 Å². The van der Waals surface area contributed by atoms with Gasteiger partial charge in [0.15, 0.2) is 0 Å². The average molecular weight is 219 g/mol. The zero-order valence-electron chi connectivity index (χ0n) is 7.81. The lowest BCUT2D eigenvalue weighted by molar-refractivity contribution is -0.112. The second kappa shape index (κ2) is 4.10. The second-order valence-corrected chi connectivity index (χ2v) is 3.72. The Kier molecular flexibility index (Phi) is 2.64. The van der Waals surface area contributed by atoms with Crippen molar-refractivity contribution >= 4 is 28.9 Å². The largest absolute Gasteiger partial charge is 0.366 e. The lowest BCUT2D eigenvalue weighted by atomic mass is 10.1. The van der Waals surface area contributed by atoms with Crippen LogP contribution in [-0.2, 0) is 4.79 Å². The van der Waals surface area contributed by atoms with E-state index in [0.29, 0.717) is 11.3 Å². The van der Waals surface area contributed by atoms with Crippen molar-refractivity contribution in [2.75, 3.05) is 0 Å². The van der Waals surface area contributed by atoms with E-state index in [2.05, 4.69) is 10.2 Å². The zero-order valence-corrected chi connectivity index (χ0v) is 8.62. The Labute approximate surface area is 90.4 Å². The van der Waals surface area contributed by atoms with Gasteiger partial charge in [-0.25, -0.2) is 0 Å². The summed E-state index contributed by atoms with van der Waals surface area (Å²) in [6.07, 6.45) is 3.38. The van der Waals surface area contributed by atoms with Crippen molar-refractivity contribution in [3.05, 3.63) is 40.3 Å². The van der Waals surface area contributed by atoms with Crippen molar-refractivity contribution < 1.29 is 4.79 Å². The Morgan fingerprint density at radius 3 is 2.93 bits per heavy atom. The van der Waals surface area contributed by atoms with E-state index in [9.17, 15) is 4.79 Å². The highest BCUT2D eigenvalue weighted by Gasteiger charge is 2.10. The van der Waals surface area contributed by atoms with Gasteiger partial charge in [0.2, 0.25) is 0 Å². The van der Waals surface area contributed by atoms with Crippen LogP contribution < -0.4 is 5.73 Å². The molecule has 5 heteroatoms. The normalized spacial score (nSPS) is 11.6. The summed E-state index contributed by atoms with van der Waals surface area (Å²) < 4.78 is 0. The number of hydrogen-bond acceptors (Lipinski definition) is 3. The van der Waals surface area contributed by atoms with E-state index in [1.165, 1.54) is 0 Å². The van der Waals surface area contributed by atoms with Crippen LogP contribution in [0.15, 0.2) is 29.1 Å². The molecular formula is C10H9N3OS. The summed E-state index contributed by atoms with van der Waals surface area (Å²) in [7, 11) is 0. The number of aromatic amines is 1. The van der Waals surface area contributed by atoms with Crippen LogP contribution in [-0.4, -0.2) is 16.1 Å². The van der Waals surface area contributed by atoms with Gasteiger partial charge in [0, 0.05) is 6.20 Å². The minimum Gasteiger partial charge on any atom is -0.366 e. The zero-order chi connectivity index (χ0) is 10.7. The van der Waals surface area contributed by atoms with E-state index in [0.717, 1.165) is 5.56 Å². The Hall–Kier alpha value is -1.88. The quantitative estimate of drug-likeness (QED) is 0.768. The SMILES string of the molecule is NC(=O)C(=Cc1ccsc1)c1cc[nH]n1. The van der Waals surface area contributed by atoms with Crippen molar-refractivity contribution in [2.24, 2.45) is 5.73 Å². The van der Waals surface area contributed by atoms with Crippen molar-refractivity contribution in [2.45, 2.75) is 0 Å². The van der Waals surface area contributed by atoms with Crippen LogP contribution in [0.25, 0.3) is 11.6 Å². The first-order valence-corrected chi connectivity index (χ1v) is 5.25. The predicted octanol–water partition coefficient (Wildman–Crippen LogP) is 1.50. The number of aromatic nitrogens is 2. The molecule has 0 saturated heterocycles. The molecule has 15 heavy (non-hydrogen) atoms. The fourth-order valence-corrected chi connectivity index (χ4v) is 1.82. The van der Waals surface area contributed by atoms with Gasteiger partial charge in [-0.15, -0.1) is 0 Å². The number of nitrogens with two attached hydrogens (primary N) is 1. The van der Waals surface area contributed by atoms with Crippen LogP contribution in [0, 0.1) is 0 Å². The molecule has 0 aromatic carbocycles. The molecule has 0 aliphatic carbocycles. The van der Waals surface area contributed by atoms with Gasteiger partial charge in [0.05, 0.1) is 11.3 Å². The maximum atomic E-state index is 11.2. The molecule has 0 aliphatic rings. The molecule has 1 amide bonds. The first-order valence-electron chi connectivity index (χ1n) is 4.31. The molecule has 4 nitrogen and oxygen atoms in total. The van der Waals surface area contributed by atoms with E-state index in [1.54, 1.807) is 29.7 Å². The average Bonchev–Trinajstić information content (AvgIpc) is 2.87. The predicted molar refractivity (Wildman–Crippen MR) is 60.0 cm³/mol. The van der Waals surface area contributed by atoms with Gasteiger partial charge in [-0.2, -0.15) is 16.4 Å². The fourth-order valence-electron chi connectivity index (χ4n) is 1.21. The van der Waals surface area contributed by atoms with Crippen molar-refractivity contribution in [3.8, 4) is 0 Å². The number of H-pyrrole nitrogens is 1. The molecule has 0 atom stereocenters. The Bertz CT molecular complexity index is 471. The highest BCUT2D eigenvalue weighted by atomic mass is 32.1. The maximum absolute atomic E-state index is 11.2. The molecular weight excluding hydrogens is 210 g/mol. The molecule has 0 aliphatic heterocycles. The molecule has 0 unspecified atom stereocenters. The van der Waals surface area contributed by atoms with Gasteiger partial charge in [0.1, 0.15) is 0 Å². The molecule has 0 spiro atoms. The topological polar surface area (TPSA) is 71.8 Å². The molecule has 2 aromatic rings. The van der Waals surface area contributed by atoms with E-state index < -0.39 is 5.91 Å². The number of nitrogens with zero attached hydrogens (tertiary/aromatic N) is 1. The van der Waals surface area contributed by atoms with Crippen molar-refractivity contribution in [3.63, 3.8) is 0 Å². The van der Waals surface area contributed by atoms with Gasteiger partial charge in [-0.3, -0.25) is 9.89 Å². The number of carbonyl (C=O) groups excluding carboxylic acids is 1. The molecule has 0 bridgehead atoms. The van der Waals surface area contributed by atoms with E-state index in [-0.39, 0.29) is 0 Å². The van der Waals surface area contributed by atoms with Crippen LogP contribution in [0.1, 0.15) is 11.3 Å².